The van der Waals surface area contributed by atoms with Gasteiger partial charge in [-0.15, -0.1) is 0 Å². The number of nitrogens with two attached hydrogens (primary N) is 1. The van der Waals surface area contributed by atoms with Crippen LogP contribution in [0, 0.1) is 5.92 Å². The van der Waals surface area contributed by atoms with Gasteiger partial charge in [-0.05, 0) is 30.9 Å². The number of nitrogens with one attached hydrogen (secondary N) is 1. The van der Waals surface area contributed by atoms with Gasteiger partial charge in [0.05, 0.1) is 11.9 Å². The third-order valence-electron chi connectivity index (χ3n) is 3.85. The van der Waals surface area contributed by atoms with Gasteiger partial charge in [-0.25, -0.2) is 14.6 Å². The van der Waals surface area contributed by atoms with Crippen LogP contribution in [0.2, 0.25) is 0 Å². The Kier molecular flexibility index (Phi) is 3.92. The first-order valence-corrected chi connectivity index (χ1v) is 7.09. The average Bonchev–Trinajstić information content (AvgIpc) is 3.12. The molecule has 3 rings (SSSR count). The molecule has 2 heterocycles. The molecule has 2 aromatic rings. The van der Waals surface area contributed by atoms with Crippen LogP contribution in [0.1, 0.15) is 25.7 Å². The molecule has 0 aromatic carbocycles. The summed E-state index contributed by atoms with van der Waals surface area (Å²) < 4.78 is 1.56. The molecule has 7 heteroatoms. The molecule has 110 valence electrons. The van der Waals surface area contributed by atoms with E-state index < -0.39 is 0 Å². The van der Waals surface area contributed by atoms with E-state index in [9.17, 15) is 4.79 Å². The lowest BCUT2D eigenvalue weighted by atomic mass is 10.00. The van der Waals surface area contributed by atoms with E-state index in [0.717, 1.165) is 19.3 Å². The van der Waals surface area contributed by atoms with Crippen LogP contribution >= 0.6 is 0 Å². The van der Waals surface area contributed by atoms with Crippen molar-refractivity contribution in [3.05, 3.63) is 31.0 Å². The molecule has 0 aliphatic heterocycles. The van der Waals surface area contributed by atoms with Crippen molar-refractivity contribution in [2.24, 2.45) is 11.7 Å². The van der Waals surface area contributed by atoms with Crippen LogP contribution < -0.4 is 11.1 Å². The van der Waals surface area contributed by atoms with Gasteiger partial charge < -0.3 is 11.1 Å². The van der Waals surface area contributed by atoms with E-state index in [1.54, 1.807) is 29.3 Å². The highest BCUT2D eigenvalue weighted by Crippen LogP contribution is 2.27. The summed E-state index contributed by atoms with van der Waals surface area (Å²) in [4.78, 5) is 20.1. The third kappa shape index (κ3) is 3.25. The minimum atomic E-state index is -0.00680. The van der Waals surface area contributed by atoms with Crippen molar-refractivity contribution in [3.8, 4) is 5.82 Å². The zero-order valence-electron chi connectivity index (χ0n) is 11.6. The van der Waals surface area contributed by atoms with E-state index in [1.165, 1.54) is 6.33 Å². The number of pyridine rings is 1. The predicted molar refractivity (Wildman–Crippen MR) is 77.7 cm³/mol. The van der Waals surface area contributed by atoms with Crippen LogP contribution in [0.4, 0.5) is 5.69 Å². The molecule has 2 atom stereocenters. The number of hydrogen-bond acceptors (Lipinski definition) is 5. The Morgan fingerprint density at radius 3 is 2.95 bits per heavy atom. The second-order valence-electron chi connectivity index (χ2n) is 5.35. The maximum absolute atomic E-state index is 12.0. The Morgan fingerprint density at radius 1 is 1.43 bits per heavy atom. The summed E-state index contributed by atoms with van der Waals surface area (Å²) in [6.45, 7) is 0. The quantitative estimate of drug-likeness (QED) is 0.877. The summed E-state index contributed by atoms with van der Waals surface area (Å²) in [5, 5.41) is 6.86. The zero-order valence-corrected chi connectivity index (χ0v) is 11.6. The molecule has 0 bridgehead atoms. The van der Waals surface area contributed by atoms with Crippen molar-refractivity contribution in [2.45, 2.75) is 31.7 Å². The molecule has 1 saturated carbocycles. The van der Waals surface area contributed by atoms with Crippen molar-refractivity contribution >= 4 is 11.6 Å². The van der Waals surface area contributed by atoms with E-state index in [1.807, 2.05) is 0 Å². The molecule has 0 unspecified atom stereocenters. The minimum Gasteiger partial charge on any atom is -0.327 e. The van der Waals surface area contributed by atoms with Crippen LogP contribution in [0.25, 0.3) is 5.82 Å². The molecule has 2 aromatic heterocycles. The summed E-state index contributed by atoms with van der Waals surface area (Å²) in [6, 6.07) is 3.74. The SMILES string of the molecule is N[C@@H]1CCC[C@H]1CC(=O)Nc1ccc(-n2cncn2)nc1. The highest BCUT2D eigenvalue weighted by atomic mass is 16.1. The van der Waals surface area contributed by atoms with Crippen LogP contribution in [0.15, 0.2) is 31.0 Å². The second-order valence-corrected chi connectivity index (χ2v) is 5.35. The summed E-state index contributed by atoms with van der Waals surface area (Å²) in [6.07, 6.45) is 8.29. The Labute approximate surface area is 122 Å². The second kappa shape index (κ2) is 6.01. The van der Waals surface area contributed by atoms with Crippen LogP contribution in [-0.4, -0.2) is 31.7 Å². The van der Waals surface area contributed by atoms with Crippen molar-refractivity contribution in [1.29, 1.82) is 0 Å². The van der Waals surface area contributed by atoms with E-state index in [-0.39, 0.29) is 11.9 Å². The molecule has 0 saturated heterocycles. The van der Waals surface area contributed by atoms with Gasteiger partial charge in [0.25, 0.3) is 0 Å². The lowest BCUT2D eigenvalue weighted by Crippen LogP contribution is -2.28. The van der Waals surface area contributed by atoms with Gasteiger partial charge >= 0.3 is 0 Å². The summed E-state index contributed by atoms with van der Waals surface area (Å²) in [7, 11) is 0. The van der Waals surface area contributed by atoms with Crippen LogP contribution in [-0.2, 0) is 4.79 Å². The largest absolute Gasteiger partial charge is 0.327 e. The van der Waals surface area contributed by atoms with Gasteiger partial charge in [-0.1, -0.05) is 6.42 Å². The molecule has 1 fully saturated rings. The molecule has 7 nitrogen and oxygen atoms in total. The lowest BCUT2D eigenvalue weighted by Gasteiger charge is -2.14. The third-order valence-corrected chi connectivity index (χ3v) is 3.85. The fourth-order valence-corrected chi connectivity index (χ4v) is 2.69. The van der Waals surface area contributed by atoms with E-state index in [0.29, 0.717) is 23.8 Å². The number of nitrogens with zero attached hydrogens (tertiary/aromatic N) is 4. The first kappa shape index (κ1) is 13.7. The van der Waals surface area contributed by atoms with Crippen molar-refractivity contribution < 1.29 is 4.79 Å². The topological polar surface area (TPSA) is 98.7 Å². The van der Waals surface area contributed by atoms with Gasteiger partial charge in [0.15, 0.2) is 5.82 Å². The summed E-state index contributed by atoms with van der Waals surface area (Å²) in [5.41, 5.74) is 6.66. The monoisotopic (exact) mass is 286 g/mol. The fraction of sp³-hybridized carbons (Fsp3) is 0.429. The molecule has 0 spiro atoms. The molecular formula is C14H18N6O. The van der Waals surface area contributed by atoms with Gasteiger partial charge in [-0.2, -0.15) is 5.10 Å². The Bertz CT molecular complexity index is 594. The van der Waals surface area contributed by atoms with E-state index >= 15 is 0 Å². The number of carbonyl (C=O) groups excluding carboxylic acids is 1. The lowest BCUT2D eigenvalue weighted by molar-refractivity contribution is -0.117. The average molecular weight is 286 g/mol. The molecule has 21 heavy (non-hydrogen) atoms. The normalized spacial score (nSPS) is 21.4. The number of hydrogen-bond donors (Lipinski definition) is 2. The predicted octanol–water partition coefficient (Wildman–Crippen LogP) is 1.12. The number of amides is 1. The van der Waals surface area contributed by atoms with Gasteiger partial charge in [-0.3, -0.25) is 4.79 Å². The van der Waals surface area contributed by atoms with Gasteiger partial charge in [0, 0.05) is 12.5 Å². The maximum Gasteiger partial charge on any atom is 0.224 e. The molecule has 3 N–H and O–H groups in total. The first-order chi connectivity index (χ1) is 10.2. The first-order valence-electron chi connectivity index (χ1n) is 7.09. The fourth-order valence-electron chi connectivity index (χ4n) is 2.69. The highest BCUT2D eigenvalue weighted by molar-refractivity contribution is 5.90. The molecule has 1 aliphatic carbocycles. The smallest absolute Gasteiger partial charge is 0.224 e. The summed E-state index contributed by atoms with van der Waals surface area (Å²) in [5.74, 6) is 0.948. The Balaban J connectivity index is 1.58. The molecule has 1 amide bonds. The van der Waals surface area contributed by atoms with Crippen LogP contribution in [0.5, 0.6) is 0 Å². The van der Waals surface area contributed by atoms with Crippen molar-refractivity contribution in [2.75, 3.05) is 5.32 Å². The van der Waals surface area contributed by atoms with E-state index in [4.69, 9.17) is 5.73 Å². The highest BCUT2D eigenvalue weighted by Gasteiger charge is 2.25. The minimum absolute atomic E-state index is 0.00680. The number of carbonyl (C=O) groups is 1. The van der Waals surface area contributed by atoms with Crippen molar-refractivity contribution in [3.63, 3.8) is 0 Å². The molecule has 0 radical (unpaired) electrons. The maximum atomic E-state index is 12.0. The molecule has 1 aliphatic rings. The number of rotatable bonds is 4. The van der Waals surface area contributed by atoms with E-state index in [2.05, 4.69) is 20.4 Å². The van der Waals surface area contributed by atoms with Gasteiger partial charge in [0.2, 0.25) is 5.91 Å². The van der Waals surface area contributed by atoms with Gasteiger partial charge in [0.1, 0.15) is 12.7 Å². The van der Waals surface area contributed by atoms with Crippen LogP contribution in [0.3, 0.4) is 0 Å². The Morgan fingerprint density at radius 2 is 2.33 bits per heavy atom. The number of anilines is 1. The standard InChI is InChI=1S/C14H18N6O/c15-12-3-1-2-10(12)6-14(21)19-11-4-5-13(17-7-11)20-9-16-8-18-20/h4-5,7-10,12H,1-3,6,15H2,(H,19,21)/t10-,12+/m0/s1. The molecular weight excluding hydrogens is 268 g/mol. The summed E-state index contributed by atoms with van der Waals surface area (Å²) >= 11 is 0. The number of aromatic nitrogens is 4. The van der Waals surface area contributed by atoms with Crippen molar-refractivity contribution in [1.82, 2.24) is 19.7 Å². The Hall–Kier alpha value is -2.28. The zero-order chi connectivity index (χ0) is 14.7.